The van der Waals surface area contributed by atoms with E-state index in [4.69, 9.17) is 15.2 Å². The van der Waals surface area contributed by atoms with Crippen molar-refractivity contribution in [2.75, 3.05) is 20.8 Å². The van der Waals surface area contributed by atoms with Gasteiger partial charge in [0.25, 0.3) is 0 Å². The van der Waals surface area contributed by atoms with Crippen molar-refractivity contribution < 1.29 is 9.47 Å². The summed E-state index contributed by atoms with van der Waals surface area (Å²) in [4.78, 5) is 0. The number of methoxy groups -OCH3 is 2. The van der Waals surface area contributed by atoms with Crippen molar-refractivity contribution in [1.82, 2.24) is 0 Å². The Bertz CT molecular complexity index is 312. The molecule has 1 rings (SSSR count). The molecule has 0 fully saturated rings. The summed E-state index contributed by atoms with van der Waals surface area (Å²) in [7, 11) is 3.31. The minimum Gasteiger partial charge on any atom is -0.493 e. The van der Waals surface area contributed by atoms with Gasteiger partial charge in [-0.15, -0.1) is 0 Å². The van der Waals surface area contributed by atoms with Gasteiger partial charge in [-0.25, -0.2) is 0 Å². The van der Waals surface area contributed by atoms with Crippen LogP contribution in [0.15, 0.2) is 18.2 Å². The third-order valence-corrected chi connectivity index (χ3v) is 2.56. The quantitative estimate of drug-likeness (QED) is 0.808. The second kappa shape index (κ2) is 5.61. The summed E-state index contributed by atoms with van der Waals surface area (Å²) in [5, 5.41) is 0. The normalized spacial score (nSPS) is 12.3. The Morgan fingerprint density at radius 1 is 1.27 bits per heavy atom. The van der Waals surface area contributed by atoms with Crippen molar-refractivity contribution >= 4 is 0 Å². The smallest absolute Gasteiger partial charge is 0.164 e. The van der Waals surface area contributed by atoms with Crippen LogP contribution in [0.5, 0.6) is 11.5 Å². The molecule has 84 valence electrons. The highest BCUT2D eigenvalue weighted by Gasteiger charge is 2.14. The van der Waals surface area contributed by atoms with Crippen molar-refractivity contribution in [2.24, 2.45) is 5.73 Å². The predicted octanol–water partition coefficient (Wildman–Crippen LogP) is 2.16. The lowest BCUT2D eigenvalue weighted by atomic mass is 9.96. The van der Waals surface area contributed by atoms with Gasteiger partial charge in [0.1, 0.15) is 0 Å². The molecular weight excluding hydrogens is 190 g/mol. The van der Waals surface area contributed by atoms with Gasteiger partial charge in [0.15, 0.2) is 11.5 Å². The average Bonchev–Trinajstić information content (AvgIpc) is 2.28. The molecule has 0 bridgehead atoms. The monoisotopic (exact) mass is 209 g/mol. The zero-order valence-corrected chi connectivity index (χ0v) is 9.62. The largest absolute Gasteiger partial charge is 0.493 e. The first kappa shape index (κ1) is 11.9. The number of benzene rings is 1. The molecule has 1 aromatic carbocycles. The summed E-state index contributed by atoms with van der Waals surface area (Å²) in [6.45, 7) is 2.83. The summed E-state index contributed by atoms with van der Waals surface area (Å²) < 4.78 is 10.6. The van der Waals surface area contributed by atoms with Crippen LogP contribution in [-0.2, 0) is 0 Å². The Balaban J connectivity index is 3.05. The lowest BCUT2D eigenvalue weighted by Crippen LogP contribution is -2.06. The van der Waals surface area contributed by atoms with Crippen LogP contribution in [0.25, 0.3) is 0 Å². The van der Waals surface area contributed by atoms with Crippen molar-refractivity contribution in [1.29, 1.82) is 0 Å². The molecule has 0 amide bonds. The topological polar surface area (TPSA) is 44.5 Å². The number of para-hydroxylation sites is 1. The zero-order valence-electron chi connectivity index (χ0n) is 9.62. The van der Waals surface area contributed by atoms with Gasteiger partial charge in [0.2, 0.25) is 0 Å². The summed E-state index contributed by atoms with van der Waals surface area (Å²) in [6.07, 6.45) is 0.948. The molecule has 0 heterocycles. The van der Waals surface area contributed by atoms with E-state index in [1.165, 1.54) is 0 Å². The van der Waals surface area contributed by atoms with Gasteiger partial charge in [-0.05, 0) is 24.9 Å². The second-order valence-electron chi connectivity index (χ2n) is 3.56. The molecule has 0 aliphatic carbocycles. The fraction of sp³-hybridized carbons (Fsp3) is 0.500. The number of rotatable bonds is 5. The maximum Gasteiger partial charge on any atom is 0.164 e. The molecule has 15 heavy (non-hydrogen) atoms. The zero-order chi connectivity index (χ0) is 11.3. The maximum absolute atomic E-state index is 5.56. The van der Waals surface area contributed by atoms with E-state index in [9.17, 15) is 0 Å². The van der Waals surface area contributed by atoms with Crippen molar-refractivity contribution in [3.05, 3.63) is 23.8 Å². The second-order valence-corrected chi connectivity index (χ2v) is 3.56. The molecule has 2 N–H and O–H groups in total. The van der Waals surface area contributed by atoms with Gasteiger partial charge < -0.3 is 15.2 Å². The molecule has 0 aliphatic heterocycles. The molecule has 1 unspecified atom stereocenters. The standard InChI is InChI=1S/C12H19NO2/c1-9(7-8-13)10-5-4-6-11(14-2)12(10)15-3/h4-6,9H,7-8,13H2,1-3H3. The Morgan fingerprint density at radius 3 is 2.53 bits per heavy atom. The van der Waals surface area contributed by atoms with Crippen LogP contribution < -0.4 is 15.2 Å². The van der Waals surface area contributed by atoms with Crippen molar-refractivity contribution in [3.8, 4) is 11.5 Å². The van der Waals surface area contributed by atoms with Crippen LogP contribution in [0.4, 0.5) is 0 Å². The van der Waals surface area contributed by atoms with Gasteiger partial charge in [0.05, 0.1) is 14.2 Å². The molecule has 3 nitrogen and oxygen atoms in total. The third kappa shape index (κ3) is 2.63. The fourth-order valence-corrected chi connectivity index (χ4v) is 1.71. The molecule has 1 aromatic rings. The summed E-state index contributed by atoms with van der Waals surface area (Å²) in [5.74, 6) is 1.99. The SMILES string of the molecule is COc1cccc(C(C)CCN)c1OC. The van der Waals surface area contributed by atoms with Crippen LogP contribution in [0.1, 0.15) is 24.8 Å². The van der Waals surface area contributed by atoms with Gasteiger partial charge >= 0.3 is 0 Å². The van der Waals surface area contributed by atoms with Gasteiger partial charge in [-0.2, -0.15) is 0 Å². The van der Waals surface area contributed by atoms with Gasteiger partial charge in [-0.3, -0.25) is 0 Å². The first-order valence-corrected chi connectivity index (χ1v) is 5.15. The Morgan fingerprint density at radius 2 is 2.00 bits per heavy atom. The molecule has 0 saturated heterocycles. The molecule has 1 atom stereocenters. The van der Waals surface area contributed by atoms with E-state index >= 15 is 0 Å². The van der Waals surface area contributed by atoms with E-state index in [2.05, 4.69) is 13.0 Å². The number of ether oxygens (including phenoxy) is 2. The van der Waals surface area contributed by atoms with Crippen LogP contribution in [0.2, 0.25) is 0 Å². The van der Waals surface area contributed by atoms with E-state index < -0.39 is 0 Å². The first-order chi connectivity index (χ1) is 7.24. The molecular formula is C12H19NO2. The minimum absolute atomic E-state index is 0.389. The molecule has 0 aliphatic rings. The van der Waals surface area contributed by atoms with Crippen LogP contribution >= 0.6 is 0 Å². The Labute approximate surface area is 91.2 Å². The Hall–Kier alpha value is -1.22. The highest BCUT2D eigenvalue weighted by Crippen LogP contribution is 2.36. The van der Waals surface area contributed by atoms with Crippen LogP contribution in [0, 0.1) is 0 Å². The Kier molecular flexibility index (Phi) is 4.43. The molecule has 0 radical (unpaired) electrons. The van der Waals surface area contributed by atoms with Gasteiger partial charge in [0, 0.05) is 5.56 Å². The summed E-state index contributed by atoms with van der Waals surface area (Å²) >= 11 is 0. The highest BCUT2D eigenvalue weighted by molar-refractivity contribution is 5.48. The van der Waals surface area contributed by atoms with E-state index in [0.717, 1.165) is 23.5 Å². The van der Waals surface area contributed by atoms with Crippen LogP contribution in [0.3, 0.4) is 0 Å². The third-order valence-electron chi connectivity index (χ3n) is 2.56. The van der Waals surface area contributed by atoms with E-state index in [-0.39, 0.29) is 0 Å². The van der Waals surface area contributed by atoms with Crippen LogP contribution in [-0.4, -0.2) is 20.8 Å². The molecule has 0 saturated carbocycles. The van der Waals surface area contributed by atoms with E-state index in [0.29, 0.717) is 12.5 Å². The molecule has 0 spiro atoms. The van der Waals surface area contributed by atoms with E-state index in [1.807, 2.05) is 12.1 Å². The number of nitrogens with two attached hydrogens (primary N) is 1. The fourth-order valence-electron chi connectivity index (χ4n) is 1.71. The lowest BCUT2D eigenvalue weighted by molar-refractivity contribution is 0.349. The summed E-state index contributed by atoms with van der Waals surface area (Å²) in [5.41, 5.74) is 6.71. The van der Waals surface area contributed by atoms with Crippen molar-refractivity contribution in [2.45, 2.75) is 19.3 Å². The van der Waals surface area contributed by atoms with Gasteiger partial charge in [-0.1, -0.05) is 19.1 Å². The molecule has 0 aromatic heterocycles. The predicted molar refractivity (Wildman–Crippen MR) is 61.6 cm³/mol. The highest BCUT2D eigenvalue weighted by atomic mass is 16.5. The molecule has 3 heteroatoms. The number of hydrogen-bond donors (Lipinski definition) is 1. The lowest BCUT2D eigenvalue weighted by Gasteiger charge is -2.17. The number of hydrogen-bond acceptors (Lipinski definition) is 3. The minimum atomic E-state index is 0.389. The van der Waals surface area contributed by atoms with E-state index in [1.54, 1.807) is 14.2 Å². The average molecular weight is 209 g/mol. The summed E-state index contributed by atoms with van der Waals surface area (Å²) in [6, 6.07) is 5.93. The first-order valence-electron chi connectivity index (χ1n) is 5.15. The maximum atomic E-state index is 5.56. The van der Waals surface area contributed by atoms with Crippen molar-refractivity contribution in [3.63, 3.8) is 0 Å².